The van der Waals surface area contributed by atoms with Gasteiger partial charge in [-0.2, -0.15) is 0 Å². The van der Waals surface area contributed by atoms with E-state index in [1.807, 2.05) is 0 Å². The number of aliphatic hydroxyl groups is 1. The average molecular weight is 1440 g/mol. The maximum absolute atomic E-state index is 13.1. The average Bonchev–Trinajstić information content (AvgIpc) is 0.977. The maximum Gasteiger partial charge on any atom is 0.472 e. The van der Waals surface area contributed by atoms with E-state index in [0.29, 0.717) is 25.7 Å². The fourth-order valence-electron chi connectivity index (χ4n) is 12.2. The van der Waals surface area contributed by atoms with Crippen molar-refractivity contribution in [3.8, 4) is 0 Å². The van der Waals surface area contributed by atoms with Gasteiger partial charge in [0.15, 0.2) is 12.2 Å². The fourth-order valence-corrected chi connectivity index (χ4v) is 13.8. The molecular weight excluding hydrogens is 1280 g/mol. The van der Waals surface area contributed by atoms with Gasteiger partial charge in [0.1, 0.15) is 19.3 Å². The summed E-state index contributed by atoms with van der Waals surface area (Å²) in [4.78, 5) is 72.6. The minimum Gasteiger partial charge on any atom is -0.462 e. The van der Waals surface area contributed by atoms with Crippen LogP contribution in [0.3, 0.4) is 0 Å². The van der Waals surface area contributed by atoms with E-state index in [4.69, 9.17) is 37.0 Å². The number of aliphatic hydroxyl groups excluding tert-OH is 1. The number of esters is 4. The first-order valence-corrected chi connectivity index (χ1v) is 44.2. The van der Waals surface area contributed by atoms with Gasteiger partial charge in [-0.1, -0.05) is 369 Å². The molecule has 19 heteroatoms. The summed E-state index contributed by atoms with van der Waals surface area (Å²) in [6, 6.07) is 0. The van der Waals surface area contributed by atoms with Crippen LogP contribution >= 0.6 is 15.6 Å². The van der Waals surface area contributed by atoms with Crippen molar-refractivity contribution >= 4 is 39.5 Å². The molecule has 3 N–H and O–H groups in total. The van der Waals surface area contributed by atoms with Gasteiger partial charge in [0, 0.05) is 25.7 Å². The molecule has 0 aliphatic heterocycles. The molecule has 582 valence electrons. The molecule has 0 saturated heterocycles. The van der Waals surface area contributed by atoms with Gasteiger partial charge in [0.25, 0.3) is 0 Å². The van der Waals surface area contributed by atoms with Crippen LogP contribution in [0.25, 0.3) is 0 Å². The van der Waals surface area contributed by atoms with Crippen molar-refractivity contribution in [1.82, 2.24) is 0 Å². The van der Waals surface area contributed by atoms with Crippen LogP contribution in [-0.2, 0) is 65.4 Å². The second-order valence-corrected chi connectivity index (χ2v) is 31.6. The van der Waals surface area contributed by atoms with Gasteiger partial charge in [-0.05, 0) is 31.6 Å². The number of unbranched alkanes of at least 4 members (excludes halogenated alkanes) is 50. The zero-order valence-electron chi connectivity index (χ0n) is 63.9. The molecule has 0 spiro atoms. The first kappa shape index (κ1) is 96.1. The van der Waals surface area contributed by atoms with Crippen LogP contribution in [-0.4, -0.2) is 96.7 Å². The van der Waals surface area contributed by atoms with E-state index in [-0.39, 0.29) is 25.7 Å². The van der Waals surface area contributed by atoms with E-state index in [1.54, 1.807) is 0 Å². The lowest BCUT2D eigenvalue weighted by Crippen LogP contribution is -2.30. The number of ether oxygens (including phenoxy) is 4. The second kappa shape index (κ2) is 72.0. The zero-order valence-corrected chi connectivity index (χ0v) is 65.7. The molecule has 0 aliphatic rings. The van der Waals surface area contributed by atoms with Crippen LogP contribution in [0.2, 0.25) is 0 Å². The molecule has 0 aromatic rings. The summed E-state index contributed by atoms with van der Waals surface area (Å²) in [5.74, 6) is -1.25. The number of carbonyl (C=O) groups excluding carboxylic acids is 4. The van der Waals surface area contributed by atoms with E-state index >= 15 is 0 Å². The fraction of sp³-hybridized carbons (Fsp3) is 0.949. The molecule has 0 radical (unpaired) electrons. The summed E-state index contributed by atoms with van der Waals surface area (Å²) in [6.45, 7) is 7.29. The molecule has 3 unspecified atom stereocenters. The Labute approximate surface area is 600 Å². The second-order valence-electron chi connectivity index (χ2n) is 28.7. The summed E-state index contributed by atoms with van der Waals surface area (Å²) < 4.78 is 68.4. The Bertz CT molecular complexity index is 1880. The van der Waals surface area contributed by atoms with Crippen molar-refractivity contribution < 1.29 is 80.2 Å². The van der Waals surface area contributed by atoms with Crippen molar-refractivity contribution in [2.45, 2.75) is 438 Å². The standard InChI is InChI=1S/C79H154O17P2/c1-6-10-13-16-18-20-22-24-25-26-30-33-37-40-44-48-53-58-63-77(82)90-69-75(96-79(84)65-60-55-50-46-42-38-34-31-28-27-29-32-36-39-43-47-52-56-61-72(5)9-4)71-94-98(87,88)92-67-73(80)66-91-97(85,86)93-70-74(68-89-76(81)62-57-51-15-12-8-3)95-78(83)64-59-54-49-45-41-35-23-21-19-17-14-11-7-2/h72-75,80H,6-71H2,1-5H3,(H,85,86)(H,87,88)/t72?,73-,74+,75+/m0/s1. The lowest BCUT2D eigenvalue weighted by atomic mass is 9.99. The molecule has 0 rings (SSSR count). The first-order valence-electron chi connectivity index (χ1n) is 41.2. The van der Waals surface area contributed by atoms with Crippen LogP contribution in [0.15, 0.2) is 0 Å². The Morgan fingerprint density at radius 1 is 0.286 bits per heavy atom. The maximum atomic E-state index is 13.1. The Morgan fingerprint density at radius 2 is 0.490 bits per heavy atom. The highest BCUT2D eigenvalue weighted by molar-refractivity contribution is 7.47. The molecule has 0 aliphatic carbocycles. The van der Waals surface area contributed by atoms with Crippen LogP contribution < -0.4 is 0 Å². The zero-order chi connectivity index (χ0) is 71.9. The minimum atomic E-state index is -4.96. The highest BCUT2D eigenvalue weighted by Crippen LogP contribution is 2.45. The normalized spacial score (nSPS) is 14.2. The monoisotopic (exact) mass is 1440 g/mol. The van der Waals surface area contributed by atoms with Gasteiger partial charge >= 0.3 is 39.5 Å². The molecule has 0 aromatic carbocycles. The SMILES string of the molecule is CCCCCCCCCCCCCCCCCCCCC(=O)OC[C@H](COP(=O)(O)OC[C@@H](O)COP(=O)(O)OC[C@@H](COC(=O)CCCCCCC)OC(=O)CCCCCCCCCCCCCCC)OC(=O)CCCCCCCCCCCCCCCCCCCCC(C)CC. The van der Waals surface area contributed by atoms with E-state index in [1.165, 1.54) is 238 Å². The van der Waals surface area contributed by atoms with Crippen LogP contribution in [0, 0.1) is 5.92 Å². The Hall–Kier alpha value is -1.94. The predicted octanol–water partition coefficient (Wildman–Crippen LogP) is 23.6. The Kier molecular flexibility index (Phi) is 70.6. The van der Waals surface area contributed by atoms with Crippen molar-refractivity contribution in [3.63, 3.8) is 0 Å². The molecule has 0 aromatic heterocycles. The van der Waals surface area contributed by atoms with E-state index in [0.717, 1.165) is 102 Å². The molecule has 0 amide bonds. The van der Waals surface area contributed by atoms with Crippen molar-refractivity contribution in [2.24, 2.45) is 5.92 Å². The summed E-state index contributed by atoms with van der Waals surface area (Å²) in [5.41, 5.74) is 0. The van der Waals surface area contributed by atoms with Crippen molar-refractivity contribution in [1.29, 1.82) is 0 Å². The molecule has 6 atom stereocenters. The molecule has 0 fully saturated rings. The number of phosphoric ester groups is 2. The number of phosphoric acid groups is 2. The van der Waals surface area contributed by atoms with Gasteiger partial charge in [0.2, 0.25) is 0 Å². The molecule has 0 heterocycles. The van der Waals surface area contributed by atoms with E-state index in [2.05, 4.69) is 34.6 Å². The van der Waals surface area contributed by atoms with Crippen LogP contribution in [0.1, 0.15) is 420 Å². The van der Waals surface area contributed by atoms with Gasteiger partial charge in [-0.25, -0.2) is 9.13 Å². The molecule has 0 bridgehead atoms. The third-order valence-corrected chi connectivity index (χ3v) is 20.8. The number of hydrogen-bond donors (Lipinski definition) is 3. The lowest BCUT2D eigenvalue weighted by Gasteiger charge is -2.21. The highest BCUT2D eigenvalue weighted by atomic mass is 31.2. The number of hydrogen-bond acceptors (Lipinski definition) is 15. The summed E-state index contributed by atoms with van der Waals surface area (Å²) in [6.07, 6.45) is 62.9. The molecule has 17 nitrogen and oxygen atoms in total. The predicted molar refractivity (Wildman–Crippen MR) is 400 cm³/mol. The van der Waals surface area contributed by atoms with Gasteiger partial charge < -0.3 is 33.8 Å². The van der Waals surface area contributed by atoms with Gasteiger partial charge in [-0.3, -0.25) is 37.3 Å². The topological polar surface area (TPSA) is 237 Å². The number of carbonyl (C=O) groups is 4. The summed E-state index contributed by atoms with van der Waals surface area (Å²) in [5, 5.41) is 10.6. The third-order valence-electron chi connectivity index (χ3n) is 18.9. The largest absolute Gasteiger partial charge is 0.472 e. The Balaban J connectivity index is 5.11. The molecule has 0 saturated carbocycles. The minimum absolute atomic E-state index is 0.107. The Morgan fingerprint density at radius 3 is 0.724 bits per heavy atom. The van der Waals surface area contributed by atoms with Crippen LogP contribution in [0.4, 0.5) is 0 Å². The molecular formula is C79H154O17P2. The first-order chi connectivity index (χ1) is 47.6. The third kappa shape index (κ3) is 71.1. The quantitative estimate of drug-likeness (QED) is 0.0222. The van der Waals surface area contributed by atoms with Gasteiger partial charge in [0.05, 0.1) is 26.4 Å². The molecule has 98 heavy (non-hydrogen) atoms. The summed E-state index contributed by atoms with van der Waals surface area (Å²) >= 11 is 0. The van der Waals surface area contributed by atoms with E-state index in [9.17, 15) is 43.2 Å². The smallest absolute Gasteiger partial charge is 0.462 e. The highest BCUT2D eigenvalue weighted by Gasteiger charge is 2.30. The van der Waals surface area contributed by atoms with Crippen LogP contribution in [0.5, 0.6) is 0 Å². The van der Waals surface area contributed by atoms with Crippen molar-refractivity contribution in [2.75, 3.05) is 39.6 Å². The number of rotatable bonds is 79. The van der Waals surface area contributed by atoms with Gasteiger partial charge in [-0.15, -0.1) is 0 Å². The lowest BCUT2D eigenvalue weighted by molar-refractivity contribution is -0.161. The van der Waals surface area contributed by atoms with Crippen molar-refractivity contribution in [3.05, 3.63) is 0 Å². The van der Waals surface area contributed by atoms with E-state index < -0.39 is 97.5 Å². The summed E-state index contributed by atoms with van der Waals surface area (Å²) in [7, 11) is -9.90.